The molecule has 2 aromatic carbocycles. The number of methoxy groups -OCH3 is 1. The minimum Gasteiger partial charge on any atom is -0.437 e. The fourth-order valence-corrected chi connectivity index (χ4v) is 4.47. The number of aryl methyl sites for hydroxylation is 2. The van der Waals surface area contributed by atoms with Gasteiger partial charge in [-0.15, -0.1) is 0 Å². The van der Waals surface area contributed by atoms with Gasteiger partial charge in [0.2, 0.25) is 0 Å². The van der Waals surface area contributed by atoms with Crippen LogP contribution in [0, 0.1) is 13.8 Å². The van der Waals surface area contributed by atoms with Crippen molar-refractivity contribution in [3.63, 3.8) is 0 Å². The average molecular weight is 332 g/mol. The summed E-state index contributed by atoms with van der Waals surface area (Å²) in [5.74, 6) is 0.133. The Labute approximate surface area is 134 Å². The molecule has 1 heterocycles. The van der Waals surface area contributed by atoms with E-state index in [1.165, 1.54) is 13.2 Å². The topological polar surface area (TPSA) is 69.7 Å². The summed E-state index contributed by atoms with van der Waals surface area (Å²) < 4.78 is 34.7. The third-order valence-electron chi connectivity index (χ3n) is 3.95. The molecular formula is C17H16O5S. The largest absolute Gasteiger partial charge is 0.513 e. The van der Waals surface area contributed by atoms with Crippen LogP contribution in [0.5, 0.6) is 5.75 Å². The van der Waals surface area contributed by atoms with E-state index in [4.69, 9.17) is 4.74 Å². The second kappa shape index (κ2) is 5.38. The van der Waals surface area contributed by atoms with Crippen molar-refractivity contribution >= 4 is 16.0 Å². The molecular weight excluding hydrogens is 316 g/mol. The Bertz CT molecular complexity index is 913. The van der Waals surface area contributed by atoms with Crippen LogP contribution < -0.4 is 4.74 Å². The molecule has 1 aliphatic rings. The van der Waals surface area contributed by atoms with Gasteiger partial charge in [-0.1, -0.05) is 18.2 Å². The molecule has 0 unspecified atom stereocenters. The zero-order valence-corrected chi connectivity index (χ0v) is 13.9. The first-order valence-electron chi connectivity index (χ1n) is 7.05. The fourth-order valence-electron chi connectivity index (χ4n) is 2.88. The van der Waals surface area contributed by atoms with Gasteiger partial charge in [0.1, 0.15) is 5.75 Å². The molecule has 0 amide bonds. The fraction of sp³-hybridized carbons (Fsp3) is 0.235. The normalized spacial score (nSPS) is 14.6. The summed E-state index contributed by atoms with van der Waals surface area (Å²) in [6.45, 7) is 3.71. The van der Waals surface area contributed by atoms with Crippen LogP contribution >= 0.6 is 0 Å². The number of sulfone groups is 1. The number of hydrogen-bond acceptors (Lipinski definition) is 5. The highest BCUT2D eigenvalue weighted by Gasteiger charge is 2.30. The molecule has 2 aromatic rings. The number of rotatable bonds is 1. The van der Waals surface area contributed by atoms with Crippen molar-refractivity contribution in [2.24, 2.45) is 0 Å². The van der Waals surface area contributed by atoms with E-state index in [1.807, 2.05) is 25.1 Å². The molecule has 0 saturated heterocycles. The molecule has 120 valence electrons. The lowest BCUT2D eigenvalue weighted by atomic mass is 9.94. The van der Waals surface area contributed by atoms with Crippen molar-refractivity contribution < 1.29 is 22.7 Å². The van der Waals surface area contributed by atoms with Gasteiger partial charge in [0, 0.05) is 11.6 Å². The molecule has 0 radical (unpaired) electrons. The van der Waals surface area contributed by atoms with E-state index in [9.17, 15) is 13.2 Å². The Morgan fingerprint density at radius 1 is 1.13 bits per heavy atom. The molecule has 0 aliphatic carbocycles. The smallest absolute Gasteiger partial charge is 0.437 e. The zero-order chi connectivity index (χ0) is 16.8. The van der Waals surface area contributed by atoms with Gasteiger partial charge in [-0.3, -0.25) is 0 Å². The van der Waals surface area contributed by atoms with Gasteiger partial charge in [-0.2, -0.15) is 0 Å². The van der Waals surface area contributed by atoms with Crippen LogP contribution in [0.1, 0.15) is 16.7 Å². The molecule has 0 atom stereocenters. The molecule has 0 fully saturated rings. The summed E-state index contributed by atoms with van der Waals surface area (Å²) in [5.41, 5.74) is 4.06. The maximum atomic E-state index is 12.6. The first kappa shape index (κ1) is 15.6. The lowest BCUT2D eigenvalue weighted by Crippen LogP contribution is -2.15. The molecule has 1 aliphatic heterocycles. The molecule has 0 bridgehead atoms. The molecule has 3 rings (SSSR count). The molecule has 6 heteroatoms. The van der Waals surface area contributed by atoms with Gasteiger partial charge in [-0.05, 0) is 42.2 Å². The third kappa shape index (κ3) is 2.59. The summed E-state index contributed by atoms with van der Waals surface area (Å²) in [5, 5.41) is 0. The maximum absolute atomic E-state index is 12.6. The van der Waals surface area contributed by atoms with Gasteiger partial charge in [-0.25, -0.2) is 13.2 Å². The van der Waals surface area contributed by atoms with Gasteiger partial charge in [0.15, 0.2) is 9.84 Å². The minimum absolute atomic E-state index is 0.0578. The van der Waals surface area contributed by atoms with Crippen LogP contribution in [0.15, 0.2) is 35.2 Å². The molecule has 0 N–H and O–H groups in total. The lowest BCUT2D eigenvalue weighted by molar-refractivity contribution is 0.121. The van der Waals surface area contributed by atoms with E-state index in [2.05, 4.69) is 4.74 Å². The molecule has 23 heavy (non-hydrogen) atoms. The monoisotopic (exact) mass is 332 g/mol. The van der Waals surface area contributed by atoms with Gasteiger partial charge in [0.25, 0.3) is 0 Å². The van der Waals surface area contributed by atoms with Crippen molar-refractivity contribution in [1.82, 2.24) is 0 Å². The van der Waals surface area contributed by atoms with E-state index >= 15 is 0 Å². The standard InChI is InChI=1S/C17H16O5S/c1-10-5-4-6-12-9-23(19,20)15-8-14(22-17(18)21-3)11(2)7-13(15)16(10)12/h4-8H,9H2,1-3H3. The first-order chi connectivity index (χ1) is 10.8. The van der Waals surface area contributed by atoms with Crippen LogP contribution in [0.2, 0.25) is 0 Å². The molecule has 0 spiro atoms. The van der Waals surface area contributed by atoms with Crippen LogP contribution in [-0.2, 0) is 20.3 Å². The Morgan fingerprint density at radius 3 is 2.57 bits per heavy atom. The predicted molar refractivity (Wildman–Crippen MR) is 85.3 cm³/mol. The average Bonchev–Trinajstić information content (AvgIpc) is 2.48. The Kier molecular flexibility index (Phi) is 3.64. The van der Waals surface area contributed by atoms with Crippen LogP contribution in [0.25, 0.3) is 11.1 Å². The van der Waals surface area contributed by atoms with Crippen molar-refractivity contribution in [1.29, 1.82) is 0 Å². The van der Waals surface area contributed by atoms with Crippen LogP contribution in [-0.4, -0.2) is 21.7 Å². The SMILES string of the molecule is COC(=O)Oc1cc2c(cc1C)-c1c(C)cccc1CS2(=O)=O. The Morgan fingerprint density at radius 2 is 1.87 bits per heavy atom. The Balaban J connectivity index is 2.26. The third-order valence-corrected chi connectivity index (χ3v) is 5.65. The number of carbonyl (C=O) groups is 1. The second-order valence-corrected chi connectivity index (χ2v) is 7.50. The number of benzene rings is 2. The molecule has 0 saturated carbocycles. The van der Waals surface area contributed by atoms with Gasteiger partial charge >= 0.3 is 6.16 Å². The van der Waals surface area contributed by atoms with E-state index < -0.39 is 16.0 Å². The second-order valence-electron chi connectivity index (χ2n) is 5.54. The van der Waals surface area contributed by atoms with Gasteiger partial charge < -0.3 is 9.47 Å². The number of ether oxygens (including phenoxy) is 2. The quantitative estimate of drug-likeness (QED) is 0.591. The first-order valence-corrected chi connectivity index (χ1v) is 8.71. The van der Waals surface area contributed by atoms with Crippen molar-refractivity contribution in [2.45, 2.75) is 24.5 Å². The number of carbonyl (C=O) groups excluding carboxylic acids is 1. The molecule has 5 nitrogen and oxygen atoms in total. The van der Waals surface area contributed by atoms with Crippen LogP contribution in [0.3, 0.4) is 0 Å². The van der Waals surface area contributed by atoms with E-state index in [0.29, 0.717) is 11.1 Å². The van der Waals surface area contributed by atoms with E-state index in [0.717, 1.165) is 16.7 Å². The summed E-state index contributed by atoms with van der Waals surface area (Å²) in [4.78, 5) is 11.5. The maximum Gasteiger partial charge on any atom is 0.513 e. The summed E-state index contributed by atoms with van der Waals surface area (Å²) in [6.07, 6.45) is -0.877. The summed E-state index contributed by atoms with van der Waals surface area (Å²) >= 11 is 0. The Hall–Kier alpha value is -2.34. The highest BCUT2D eigenvalue weighted by Crippen LogP contribution is 2.42. The van der Waals surface area contributed by atoms with E-state index in [-0.39, 0.29) is 16.4 Å². The summed E-state index contributed by atoms with van der Waals surface area (Å²) in [7, 11) is -2.29. The summed E-state index contributed by atoms with van der Waals surface area (Å²) in [6, 6.07) is 8.80. The van der Waals surface area contributed by atoms with Crippen molar-refractivity contribution in [3.8, 4) is 16.9 Å². The number of fused-ring (bicyclic) bond motifs is 3. The predicted octanol–water partition coefficient (Wildman–Crippen LogP) is 3.40. The van der Waals surface area contributed by atoms with E-state index in [1.54, 1.807) is 13.0 Å². The van der Waals surface area contributed by atoms with Gasteiger partial charge in [0.05, 0.1) is 17.8 Å². The highest BCUT2D eigenvalue weighted by atomic mass is 32.2. The minimum atomic E-state index is -3.49. The zero-order valence-electron chi connectivity index (χ0n) is 13.0. The van der Waals surface area contributed by atoms with Crippen LogP contribution in [0.4, 0.5) is 4.79 Å². The van der Waals surface area contributed by atoms with Crippen molar-refractivity contribution in [2.75, 3.05) is 7.11 Å². The molecule has 0 aromatic heterocycles. The number of hydrogen-bond donors (Lipinski definition) is 0. The lowest BCUT2D eigenvalue weighted by Gasteiger charge is -2.23. The van der Waals surface area contributed by atoms with Crippen molar-refractivity contribution in [3.05, 3.63) is 47.0 Å². The highest BCUT2D eigenvalue weighted by molar-refractivity contribution is 7.90.